The Balaban J connectivity index is 2.18. The molecule has 0 amide bonds. The van der Waals surface area contributed by atoms with Crippen LogP contribution in [-0.2, 0) is 0 Å². The van der Waals surface area contributed by atoms with Gasteiger partial charge in [-0.15, -0.1) is 0 Å². The van der Waals surface area contributed by atoms with Gasteiger partial charge in [0.05, 0.1) is 6.04 Å². The number of hydrazine groups is 1. The lowest BCUT2D eigenvalue weighted by Crippen LogP contribution is -2.56. The van der Waals surface area contributed by atoms with Gasteiger partial charge in [0.1, 0.15) is 0 Å². The maximum Gasteiger partial charge on any atom is 0.0627 e. The van der Waals surface area contributed by atoms with Crippen LogP contribution in [0.5, 0.6) is 0 Å². The van der Waals surface area contributed by atoms with Gasteiger partial charge >= 0.3 is 0 Å². The van der Waals surface area contributed by atoms with Crippen molar-refractivity contribution in [2.24, 2.45) is 5.84 Å². The molecule has 4 heteroatoms. The third kappa shape index (κ3) is 3.38. The highest BCUT2D eigenvalue weighted by atomic mass is 15.3. The second kappa shape index (κ2) is 6.68. The standard InChI is InChI=1S/C16H28N4/c1-12(2)13-5-7-14(8-6-13)16(18-17)15-11-19(3)9-10-20(15)4/h5-8,12,15-16,18H,9-11,17H2,1-4H3. The highest BCUT2D eigenvalue weighted by Gasteiger charge is 2.30. The maximum absolute atomic E-state index is 5.85. The van der Waals surface area contributed by atoms with Gasteiger partial charge < -0.3 is 4.90 Å². The molecule has 112 valence electrons. The van der Waals surface area contributed by atoms with E-state index in [1.165, 1.54) is 11.1 Å². The van der Waals surface area contributed by atoms with Crippen molar-refractivity contribution in [1.29, 1.82) is 0 Å². The molecular weight excluding hydrogens is 248 g/mol. The zero-order chi connectivity index (χ0) is 14.7. The first-order chi connectivity index (χ1) is 9.52. The van der Waals surface area contributed by atoms with Crippen molar-refractivity contribution in [3.8, 4) is 0 Å². The zero-order valence-corrected chi connectivity index (χ0v) is 13.1. The van der Waals surface area contributed by atoms with Crippen molar-refractivity contribution in [3.05, 3.63) is 35.4 Å². The average Bonchev–Trinajstić information content (AvgIpc) is 2.44. The summed E-state index contributed by atoms with van der Waals surface area (Å²) >= 11 is 0. The first-order valence-electron chi connectivity index (χ1n) is 7.47. The van der Waals surface area contributed by atoms with Crippen LogP contribution < -0.4 is 11.3 Å². The minimum absolute atomic E-state index is 0.170. The van der Waals surface area contributed by atoms with Crippen LogP contribution in [0.2, 0.25) is 0 Å². The molecule has 1 aromatic carbocycles. The van der Waals surface area contributed by atoms with Gasteiger partial charge in [0.15, 0.2) is 0 Å². The first kappa shape index (κ1) is 15.4. The molecule has 1 heterocycles. The molecule has 3 N–H and O–H groups in total. The van der Waals surface area contributed by atoms with Crippen LogP contribution in [0.25, 0.3) is 0 Å². The molecule has 0 bridgehead atoms. The summed E-state index contributed by atoms with van der Waals surface area (Å²) in [5.41, 5.74) is 5.66. The molecule has 2 unspecified atom stereocenters. The van der Waals surface area contributed by atoms with E-state index >= 15 is 0 Å². The molecule has 20 heavy (non-hydrogen) atoms. The van der Waals surface area contributed by atoms with Crippen molar-refractivity contribution in [1.82, 2.24) is 15.2 Å². The molecule has 1 fully saturated rings. The smallest absolute Gasteiger partial charge is 0.0627 e. The van der Waals surface area contributed by atoms with Crippen LogP contribution in [0.3, 0.4) is 0 Å². The largest absolute Gasteiger partial charge is 0.303 e. The average molecular weight is 276 g/mol. The number of hydrogen-bond donors (Lipinski definition) is 2. The Kier molecular flexibility index (Phi) is 5.16. The summed E-state index contributed by atoms with van der Waals surface area (Å²) in [4.78, 5) is 4.78. The lowest BCUT2D eigenvalue weighted by atomic mass is 9.94. The van der Waals surface area contributed by atoms with Crippen molar-refractivity contribution >= 4 is 0 Å². The summed E-state index contributed by atoms with van der Waals surface area (Å²) in [5, 5.41) is 0. The monoisotopic (exact) mass is 276 g/mol. The minimum Gasteiger partial charge on any atom is -0.303 e. The molecule has 0 spiro atoms. The molecule has 0 aliphatic carbocycles. The Labute approximate surface area is 122 Å². The third-order valence-electron chi connectivity index (χ3n) is 4.43. The van der Waals surface area contributed by atoms with E-state index in [0.29, 0.717) is 12.0 Å². The van der Waals surface area contributed by atoms with Crippen LogP contribution in [0.15, 0.2) is 24.3 Å². The van der Waals surface area contributed by atoms with Crippen LogP contribution >= 0.6 is 0 Å². The molecule has 1 aliphatic heterocycles. The van der Waals surface area contributed by atoms with Gasteiger partial charge in [-0.05, 0) is 31.1 Å². The van der Waals surface area contributed by atoms with Crippen LogP contribution in [-0.4, -0.2) is 49.6 Å². The highest BCUT2D eigenvalue weighted by Crippen LogP contribution is 2.24. The van der Waals surface area contributed by atoms with E-state index in [1.54, 1.807) is 0 Å². The van der Waals surface area contributed by atoms with Crippen molar-refractivity contribution in [3.63, 3.8) is 0 Å². The molecule has 2 atom stereocenters. The number of piperazine rings is 1. The minimum atomic E-state index is 0.170. The van der Waals surface area contributed by atoms with E-state index in [1.807, 2.05) is 0 Å². The van der Waals surface area contributed by atoms with Gasteiger partial charge in [-0.25, -0.2) is 0 Å². The van der Waals surface area contributed by atoms with Gasteiger partial charge in [0, 0.05) is 25.7 Å². The van der Waals surface area contributed by atoms with E-state index in [0.717, 1.165) is 19.6 Å². The Morgan fingerprint density at radius 2 is 1.70 bits per heavy atom. The number of nitrogens with zero attached hydrogens (tertiary/aromatic N) is 2. The summed E-state index contributed by atoms with van der Waals surface area (Å²) < 4.78 is 0. The van der Waals surface area contributed by atoms with Gasteiger partial charge in [-0.3, -0.25) is 16.2 Å². The number of rotatable bonds is 4. The van der Waals surface area contributed by atoms with E-state index in [9.17, 15) is 0 Å². The molecular formula is C16H28N4. The van der Waals surface area contributed by atoms with Gasteiger partial charge in [0.25, 0.3) is 0 Å². The number of nitrogens with two attached hydrogens (primary N) is 1. The van der Waals surface area contributed by atoms with E-state index in [-0.39, 0.29) is 6.04 Å². The maximum atomic E-state index is 5.85. The number of hydrogen-bond acceptors (Lipinski definition) is 4. The molecule has 0 radical (unpaired) electrons. The molecule has 1 aromatic rings. The number of benzene rings is 1. The SMILES string of the molecule is CC(C)c1ccc(C(NN)C2CN(C)CCN2C)cc1. The van der Waals surface area contributed by atoms with Crippen LogP contribution in [0, 0.1) is 0 Å². The summed E-state index contributed by atoms with van der Waals surface area (Å²) in [5.74, 6) is 6.41. The van der Waals surface area contributed by atoms with Crippen LogP contribution in [0.4, 0.5) is 0 Å². The quantitative estimate of drug-likeness (QED) is 0.647. The second-order valence-corrected chi connectivity index (χ2v) is 6.28. The lowest BCUT2D eigenvalue weighted by Gasteiger charge is -2.41. The summed E-state index contributed by atoms with van der Waals surface area (Å²) in [6.07, 6.45) is 0. The molecule has 1 saturated heterocycles. The zero-order valence-electron chi connectivity index (χ0n) is 13.1. The molecule has 0 aromatic heterocycles. The van der Waals surface area contributed by atoms with Gasteiger partial charge in [-0.2, -0.15) is 0 Å². The van der Waals surface area contributed by atoms with E-state index in [2.05, 4.69) is 67.4 Å². The van der Waals surface area contributed by atoms with Crippen molar-refractivity contribution < 1.29 is 0 Å². The van der Waals surface area contributed by atoms with E-state index < -0.39 is 0 Å². The van der Waals surface area contributed by atoms with Crippen molar-refractivity contribution in [2.75, 3.05) is 33.7 Å². The molecule has 1 aliphatic rings. The fourth-order valence-corrected chi connectivity index (χ4v) is 2.92. The molecule has 0 saturated carbocycles. The fourth-order valence-electron chi connectivity index (χ4n) is 2.92. The van der Waals surface area contributed by atoms with Crippen LogP contribution in [0.1, 0.15) is 36.9 Å². The topological polar surface area (TPSA) is 44.5 Å². The Morgan fingerprint density at radius 3 is 2.25 bits per heavy atom. The summed E-state index contributed by atoms with van der Waals surface area (Å²) in [7, 11) is 4.36. The summed E-state index contributed by atoms with van der Waals surface area (Å²) in [6.45, 7) is 7.69. The summed E-state index contributed by atoms with van der Waals surface area (Å²) in [6, 6.07) is 9.44. The number of likely N-dealkylation sites (N-methyl/N-ethyl adjacent to an activating group) is 2. The Bertz CT molecular complexity index is 415. The molecule has 4 nitrogen and oxygen atoms in total. The Hall–Kier alpha value is -0.940. The second-order valence-electron chi connectivity index (χ2n) is 6.28. The number of nitrogens with one attached hydrogen (secondary N) is 1. The predicted molar refractivity (Wildman–Crippen MR) is 84.5 cm³/mol. The predicted octanol–water partition coefficient (Wildman–Crippen LogP) is 1.56. The van der Waals surface area contributed by atoms with Crippen molar-refractivity contribution in [2.45, 2.75) is 31.8 Å². The van der Waals surface area contributed by atoms with Gasteiger partial charge in [-0.1, -0.05) is 38.1 Å². The highest BCUT2D eigenvalue weighted by molar-refractivity contribution is 5.28. The normalized spacial score (nSPS) is 23.2. The fraction of sp³-hybridized carbons (Fsp3) is 0.625. The van der Waals surface area contributed by atoms with Gasteiger partial charge in [0.2, 0.25) is 0 Å². The van der Waals surface area contributed by atoms with E-state index in [4.69, 9.17) is 5.84 Å². The lowest BCUT2D eigenvalue weighted by molar-refractivity contribution is 0.0876. The third-order valence-corrected chi connectivity index (χ3v) is 4.43. The molecule has 2 rings (SSSR count). The first-order valence-corrected chi connectivity index (χ1v) is 7.47. The Morgan fingerprint density at radius 1 is 1.10 bits per heavy atom.